The number of halogens is 6. The van der Waals surface area contributed by atoms with Crippen molar-refractivity contribution in [2.75, 3.05) is 36.2 Å². The van der Waals surface area contributed by atoms with Crippen LogP contribution in [0.25, 0.3) is 11.3 Å². The smallest absolute Gasteiger partial charge is 0.420 e. The van der Waals surface area contributed by atoms with Crippen LogP contribution in [0.5, 0.6) is 5.75 Å². The van der Waals surface area contributed by atoms with E-state index in [4.69, 9.17) is 32.7 Å². The van der Waals surface area contributed by atoms with Crippen LogP contribution in [0.2, 0.25) is 0 Å². The fourth-order valence-electron chi connectivity index (χ4n) is 8.32. The molecule has 16 nitrogen and oxygen atoms in total. The molecular formula is C50H52F6N8O8S. The number of amides is 5. The molecule has 4 aromatic rings. The lowest BCUT2D eigenvalue weighted by molar-refractivity contribution is -0.144. The Hall–Kier alpha value is -7.16. The summed E-state index contributed by atoms with van der Waals surface area (Å²) in [5, 5.41) is 24.6. The van der Waals surface area contributed by atoms with Crippen molar-refractivity contribution < 1.29 is 64.9 Å². The molecule has 1 aromatic heterocycles. The van der Waals surface area contributed by atoms with E-state index in [9.17, 15) is 42.3 Å². The van der Waals surface area contributed by atoms with E-state index in [1.165, 1.54) is 49.1 Å². The minimum absolute atomic E-state index is 0.00137. The standard InChI is InChI=1S/C50H52F6N8O8S/c1-48(2,3)42(45(69)62-25-32(65)21-36(62)44(68)60-23-27-9-11-28(12-10-27)43(58)67)61-38(66)26-71-17-7-6-8-18-72-37-16-14-29(19-33(37)51)41-34(52)20-31(24-59-41)64-47(73)63(46(70)49(64,4)5)35-15-13-30(22-57)39(40(35)53)50(54,55)56/h9-16,19-20,24,32,36,42,65H,6-8,17-18,21,23,25-26H2,1-5H3,(H2,58,67)(H,60,68)(H,61,66)/t32-,36+,42-/m1/s1. The number of carbonyl (C=O) groups excluding carboxylic acids is 5. The average Bonchev–Trinajstić information content (AvgIpc) is 3.79. The molecular weight excluding hydrogens is 987 g/mol. The number of aromatic nitrogens is 1. The van der Waals surface area contributed by atoms with E-state index >= 15 is 13.2 Å². The molecule has 2 fully saturated rings. The van der Waals surface area contributed by atoms with Crippen molar-refractivity contribution >= 4 is 58.2 Å². The van der Waals surface area contributed by atoms with Gasteiger partial charge in [-0.05, 0) is 98.8 Å². The maximum absolute atomic E-state index is 15.7. The first-order valence-corrected chi connectivity index (χ1v) is 23.3. The van der Waals surface area contributed by atoms with Gasteiger partial charge in [-0.15, -0.1) is 0 Å². The summed E-state index contributed by atoms with van der Waals surface area (Å²) in [6.45, 7) is 7.80. The van der Waals surface area contributed by atoms with Crippen molar-refractivity contribution in [2.24, 2.45) is 11.1 Å². The Morgan fingerprint density at radius 3 is 2.29 bits per heavy atom. The molecule has 23 heteroatoms. The first-order valence-electron chi connectivity index (χ1n) is 22.8. The first-order chi connectivity index (χ1) is 34.3. The SMILES string of the molecule is CC(C)(C)[C@H](NC(=O)COCCCCCOc1ccc(-c2ncc(N3C(=S)N(c4ccc(C#N)c(C(F)(F)F)c4F)C(=O)C3(C)C)cc2F)cc1F)C(=O)N1C[C@H](O)C[C@H]1C(=O)NCc1ccc(C(N)=O)cc1. The van der Waals surface area contributed by atoms with Crippen molar-refractivity contribution in [3.05, 3.63) is 107 Å². The minimum atomic E-state index is -5.28. The molecule has 3 atom stereocenters. The molecule has 0 unspecified atom stereocenters. The number of nitriles is 1. The number of likely N-dealkylation sites (tertiary alicyclic amines) is 1. The highest BCUT2D eigenvalue weighted by atomic mass is 32.1. The van der Waals surface area contributed by atoms with Crippen LogP contribution in [-0.4, -0.2) is 99.7 Å². The maximum atomic E-state index is 15.7. The molecule has 6 rings (SSSR count). The number of ether oxygens (including phenoxy) is 2. The Morgan fingerprint density at radius 1 is 0.986 bits per heavy atom. The van der Waals surface area contributed by atoms with Gasteiger partial charge < -0.3 is 40.7 Å². The number of carbonyl (C=O) groups is 5. The third kappa shape index (κ3) is 12.4. The van der Waals surface area contributed by atoms with E-state index in [0.717, 1.165) is 29.3 Å². The van der Waals surface area contributed by atoms with Crippen LogP contribution in [0.3, 0.4) is 0 Å². The van der Waals surface area contributed by atoms with Gasteiger partial charge in [0, 0.05) is 43.3 Å². The molecule has 2 aliphatic rings. The number of nitrogens with zero attached hydrogens (tertiary/aromatic N) is 5. The molecule has 5 amide bonds. The maximum Gasteiger partial charge on any atom is 0.420 e. The van der Waals surface area contributed by atoms with Crippen LogP contribution < -0.4 is 30.9 Å². The van der Waals surface area contributed by atoms with Gasteiger partial charge in [-0.3, -0.25) is 33.9 Å². The highest BCUT2D eigenvalue weighted by Gasteiger charge is 2.52. The molecule has 3 aromatic carbocycles. The number of hydrogen-bond acceptors (Lipinski definition) is 11. The first kappa shape index (κ1) is 55.2. The van der Waals surface area contributed by atoms with Crippen molar-refractivity contribution in [3.8, 4) is 23.1 Å². The van der Waals surface area contributed by atoms with E-state index in [0.29, 0.717) is 41.4 Å². The summed E-state index contributed by atoms with van der Waals surface area (Å²) in [5.41, 5.74) is -0.334. The zero-order chi connectivity index (χ0) is 53.7. The van der Waals surface area contributed by atoms with Crippen molar-refractivity contribution in [3.63, 3.8) is 0 Å². The highest BCUT2D eigenvalue weighted by Crippen LogP contribution is 2.42. The van der Waals surface area contributed by atoms with Crippen molar-refractivity contribution in [2.45, 2.75) is 96.7 Å². The number of aliphatic hydroxyl groups is 1. The van der Waals surface area contributed by atoms with Crippen LogP contribution in [0, 0.1) is 34.2 Å². The molecule has 0 aliphatic carbocycles. The average molecular weight is 1040 g/mol. The fourth-order valence-corrected chi connectivity index (χ4v) is 8.84. The number of hydrogen-bond donors (Lipinski definition) is 4. The number of primary amides is 1. The van der Waals surface area contributed by atoms with Crippen molar-refractivity contribution in [1.82, 2.24) is 20.5 Å². The van der Waals surface area contributed by atoms with Gasteiger partial charge in [-0.2, -0.15) is 18.4 Å². The molecule has 388 valence electrons. The summed E-state index contributed by atoms with van der Waals surface area (Å²) in [6.07, 6.45) is -3.62. The van der Waals surface area contributed by atoms with Crippen LogP contribution in [0.15, 0.2) is 66.9 Å². The number of unbranched alkanes of at least 4 members (excludes halogenated alkanes) is 2. The largest absolute Gasteiger partial charge is 0.491 e. The Morgan fingerprint density at radius 2 is 1.67 bits per heavy atom. The number of nitrogens with one attached hydrogen (secondary N) is 2. The molecule has 0 radical (unpaired) electrons. The molecule has 5 N–H and O–H groups in total. The number of nitrogens with two attached hydrogens (primary N) is 1. The zero-order valence-corrected chi connectivity index (χ0v) is 41.1. The van der Waals surface area contributed by atoms with Crippen LogP contribution >= 0.6 is 12.2 Å². The van der Waals surface area contributed by atoms with Gasteiger partial charge >= 0.3 is 6.18 Å². The van der Waals surface area contributed by atoms with Crippen LogP contribution in [0.1, 0.15) is 87.4 Å². The van der Waals surface area contributed by atoms with E-state index in [-0.39, 0.29) is 62.0 Å². The number of benzene rings is 3. The predicted octanol–water partition coefficient (Wildman–Crippen LogP) is 6.45. The van der Waals surface area contributed by atoms with E-state index in [1.807, 2.05) is 0 Å². The lowest BCUT2D eigenvalue weighted by atomic mass is 9.85. The molecule has 0 spiro atoms. The molecule has 73 heavy (non-hydrogen) atoms. The molecule has 2 saturated heterocycles. The number of pyridine rings is 1. The summed E-state index contributed by atoms with van der Waals surface area (Å²) in [5.74, 6) is -6.99. The van der Waals surface area contributed by atoms with Gasteiger partial charge in [0.25, 0.3) is 5.91 Å². The van der Waals surface area contributed by atoms with Gasteiger partial charge in [-0.25, -0.2) is 13.2 Å². The predicted molar refractivity (Wildman–Crippen MR) is 257 cm³/mol. The molecule has 0 bridgehead atoms. The van der Waals surface area contributed by atoms with Gasteiger partial charge in [-0.1, -0.05) is 32.9 Å². The Balaban J connectivity index is 0.960. The highest BCUT2D eigenvalue weighted by molar-refractivity contribution is 7.81. The second kappa shape index (κ2) is 22.3. The number of thiocarbonyl (C=S) groups is 1. The lowest BCUT2D eigenvalue weighted by Crippen LogP contribution is -2.58. The van der Waals surface area contributed by atoms with Gasteiger partial charge in [0.05, 0.1) is 41.9 Å². The number of anilines is 2. The van der Waals surface area contributed by atoms with E-state index < -0.39 is 104 Å². The molecule has 0 saturated carbocycles. The number of alkyl halides is 3. The topological polar surface area (TPSA) is 221 Å². The Bertz CT molecular complexity index is 2840. The molecule has 2 aliphatic heterocycles. The number of β-amino-alcohol motifs (C(OH)–C–C–N with tert-alkyl or cyclic N) is 1. The van der Waals surface area contributed by atoms with Gasteiger partial charge in [0.2, 0.25) is 23.6 Å². The second-order valence-corrected chi connectivity index (χ2v) is 19.3. The lowest BCUT2D eigenvalue weighted by Gasteiger charge is -2.35. The van der Waals surface area contributed by atoms with Crippen LogP contribution in [0.4, 0.5) is 37.7 Å². The summed E-state index contributed by atoms with van der Waals surface area (Å²) in [7, 11) is 0. The number of aliphatic hydroxyl groups excluding tert-OH is 1. The quantitative estimate of drug-likeness (QED) is 0.0480. The van der Waals surface area contributed by atoms with E-state index in [1.54, 1.807) is 32.9 Å². The van der Waals surface area contributed by atoms with Crippen molar-refractivity contribution in [1.29, 1.82) is 5.26 Å². The summed E-state index contributed by atoms with van der Waals surface area (Å²) in [6, 6.07) is 11.7. The van der Waals surface area contributed by atoms with Gasteiger partial charge in [0.1, 0.15) is 35.5 Å². The normalized spacial score (nSPS) is 17.1. The van der Waals surface area contributed by atoms with Crippen LogP contribution in [-0.2, 0) is 36.6 Å². The fraction of sp³-hybridized carbons (Fsp3) is 0.400. The summed E-state index contributed by atoms with van der Waals surface area (Å²) in [4.78, 5) is 72.1. The summed E-state index contributed by atoms with van der Waals surface area (Å²) < 4.78 is 98.8. The zero-order valence-electron chi connectivity index (χ0n) is 40.2. The third-order valence-corrected chi connectivity index (χ3v) is 12.5. The third-order valence-electron chi connectivity index (χ3n) is 12.1. The number of rotatable bonds is 18. The monoisotopic (exact) mass is 1040 g/mol. The minimum Gasteiger partial charge on any atom is -0.491 e. The van der Waals surface area contributed by atoms with E-state index in [2.05, 4.69) is 15.6 Å². The molecule has 3 heterocycles. The Kier molecular flexibility index (Phi) is 16.9. The second-order valence-electron chi connectivity index (χ2n) is 18.9. The van der Waals surface area contributed by atoms with Gasteiger partial charge in [0.15, 0.2) is 28.3 Å². The Labute approximate surface area is 421 Å². The summed E-state index contributed by atoms with van der Waals surface area (Å²) >= 11 is 5.42.